The zero-order valence-corrected chi connectivity index (χ0v) is 37.1. The Morgan fingerprint density at radius 2 is 0.397 bits per heavy atom. The third-order valence-corrected chi connectivity index (χ3v) is 15.1. The monoisotopic (exact) mass is 856 g/mol. The Bertz CT molecular complexity index is 4170. The van der Waals surface area contributed by atoms with Crippen molar-refractivity contribution in [1.82, 2.24) is 0 Å². The molecule has 312 valence electrons. The van der Waals surface area contributed by atoms with E-state index < -0.39 is 0 Å². The lowest BCUT2D eigenvalue weighted by Gasteiger charge is -2.25. The summed E-state index contributed by atoms with van der Waals surface area (Å²) in [5.41, 5.74) is 10.1. The van der Waals surface area contributed by atoms with Crippen molar-refractivity contribution in [2.24, 2.45) is 0 Å². The van der Waals surface area contributed by atoms with Crippen molar-refractivity contribution in [3.8, 4) is 44.5 Å². The Morgan fingerprint density at radius 1 is 0.147 bits per heavy atom. The largest absolute Gasteiger partial charge is 0.0622 e. The van der Waals surface area contributed by atoms with E-state index in [1.807, 2.05) is 0 Å². The summed E-state index contributed by atoms with van der Waals surface area (Å²) in [5.74, 6) is 0. The van der Waals surface area contributed by atoms with E-state index in [9.17, 15) is 0 Å². The van der Waals surface area contributed by atoms with Gasteiger partial charge < -0.3 is 0 Å². The summed E-state index contributed by atoms with van der Waals surface area (Å²) in [6.07, 6.45) is 0. The maximum Gasteiger partial charge on any atom is -0.00137 e. The zero-order valence-electron chi connectivity index (χ0n) is 37.1. The average Bonchev–Trinajstić information content (AvgIpc) is 3.41. The number of benzene rings is 15. The van der Waals surface area contributed by atoms with Crippen LogP contribution in [0.3, 0.4) is 0 Å². The van der Waals surface area contributed by atoms with Crippen LogP contribution in [-0.2, 0) is 0 Å². The summed E-state index contributed by atoms with van der Waals surface area (Å²) in [4.78, 5) is 0. The second-order valence-corrected chi connectivity index (χ2v) is 18.5. The van der Waals surface area contributed by atoms with Crippen molar-refractivity contribution < 1.29 is 0 Å². The van der Waals surface area contributed by atoms with Gasteiger partial charge in [0.1, 0.15) is 0 Å². The minimum atomic E-state index is 1.23. The fourth-order valence-corrected chi connectivity index (χ4v) is 12.4. The van der Waals surface area contributed by atoms with Crippen molar-refractivity contribution in [2.45, 2.75) is 0 Å². The molecule has 0 radical (unpaired) electrons. The fraction of sp³-hybridized carbons (Fsp3) is 0. The maximum absolute atomic E-state index is 2.58. The standard InChI is InChI=1S/C68H40/c1-3-19-41(20-4-1)61-45-25-7-11-29-49(45)65(50-30-12-8-26-46(50)61)67-53-33-15-16-34-54(53)68(66-51-31-13-9-27-47(51)62(42-21-5-2-6-22-42)48-28-10-14-32-52(48)66)60-40-58-56-36-18-24-44-38-37-43-23-17-35-55(63(43)64(44)56)57(58)39-59(60)67/h1-40H. The van der Waals surface area contributed by atoms with Crippen LogP contribution >= 0.6 is 0 Å². The lowest BCUT2D eigenvalue weighted by Crippen LogP contribution is -1.97. The van der Waals surface area contributed by atoms with E-state index in [1.165, 1.54) is 152 Å². The molecule has 68 heavy (non-hydrogen) atoms. The summed E-state index contributed by atoms with van der Waals surface area (Å²) in [6, 6.07) is 91.2. The quantitative estimate of drug-likeness (QED) is 0.122. The Balaban J connectivity index is 1.22. The molecule has 0 aliphatic heterocycles. The van der Waals surface area contributed by atoms with Crippen LogP contribution in [0.25, 0.3) is 152 Å². The summed E-state index contributed by atoms with van der Waals surface area (Å²) < 4.78 is 0. The van der Waals surface area contributed by atoms with Gasteiger partial charge in [0.2, 0.25) is 0 Å². The predicted molar refractivity (Wildman–Crippen MR) is 294 cm³/mol. The second-order valence-electron chi connectivity index (χ2n) is 18.5. The van der Waals surface area contributed by atoms with Crippen molar-refractivity contribution in [3.05, 3.63) is 243 Å². The van der Waals surface area contributed by atoms with E-state index in [1.54, 1.807) is 0 Å². The Hall–Kier alpha value is -8.84. The molecule has 0 aliphatic carbocycles. The van der Waals surface area contributed by atoms with Crippen LogP contribution in [0, 0.1) is 0 Å². The van der Waals surface area contributed by atoms with Gasteiger partial charge in [0, 0.05) is 0 Å². The van der Waals surface area contributed by atoms with Gasteiger partial charge in [0.05, 0.1) is 0 Å². The minimum Gasteiger partial charge on any atom is -0.0622 e. The molecule has 0 N–H and O–H groups in total. The molecule has 15 aromatic carbocycles. The zero-order chi connectivity index (χ0) is 44.5. The summed E-state index contributed by atoms with van der Waals surface area (Å²) in [5, 5.41) is 25.4. The van der Waals surface area contributed by atoms with E-state index in [4.69, 9.17) is 0 Å². The molecule has 0 nitrogen and oxygen atoms in total. The van der Waals surface area contributed by atoms with Crippen LogP contribution in [0.5, 0.6) is 0 Å². The molecule has 0 amide bonds. The van der Waals surface area contributed by atoms with Crippen LogP contribution in [0.15, 0.2) is 243 Å². The van der Waals surface area contributed by atoms with Gasteiger partial charge >= 0.3 is 0 Å². The molecule has 15 rings (SSSR count). The van der Waals surface area contributed by atoms with Gasteiger partial charge in [-0.3, -0.25) is 0 Å². The van der Waals surface area contributed by atoms with Crippen molar-refractivity contribution in [1.29, 1.82) is 0 Å². The summed E-state index contributed by atoms with van der Waals surface area (Å²) >= 11 is 0. The van der Waals surface area contributed by atoms with E-state index >= 15 is 0 Å². The Labute approximate surface area is 392 Å². The molecule has 0 unspecified atom stereocenters. The first-order chi connectivity index (χ1) is 33.8. The molecule has 0 bridgehead atoms. The first-order valence-corrected chi connectivity index (χ1v) is 23.8. The van der Waals surface area contributed by atoms with E-state index in [-0.39, 0.29) is 0 Å². The van der Waals surface area contributed by atoms with Crippen molar-refractivity contribution >= 4 is 108 Å². The first-order valence-electron chi connectivity index (χ1n) is 23.8. The Morgan fingerprint density at radius 3 is 0.706 bits per heavy atom. The van der Waals surface area contributed by atoms with Crippen LogP contribution in [-0.4, -0.2) is 0 Å². The fourth-order valence-electron chi connectivity index (χ4n) is 12.4. The normalized spacial score (nSPS) is 12.1. The third-order valence-electron chi connectivity index (χ3n) is 15.1. The molecule has 0 heteroatoms. The highest BCUT2D eigenvalue weighted by molar-refractivity contribution is 6.39. The maximum atomic E-state index is 2.58. The molecule has 0 spiro atoms. The van der Waals surface area contributed by atoms with Gasteiger partial charge in [0.25, 0.3) is 0 Å². The van der Waals surface area contributed by atoms with E-state index in [0.717, 1.165) is 0 Å². The second kappa shape index (κ2) is 14.3. The molecule has 0 atom stereocenters. The molecule has 0 aliphatic rings. The van der Waals surface area contributed by atoms with Gasteiger partial charge in [-0.15, -0.1) is 0 Å². The molecular formula is C68H40. The van der Waals surface area contributed by atoms with Crippen LogP contribution in [0.2, 0.25) is 0 Å². The van der Waals surface area contributed by atoms with Crippen LogP contribution in [0.1, 0.15) is 0 Å². The lowest BCUT2D eigenvalue weighted by atomic mass is 9.78. The number of hydrogen-bond donors (Lipinski definition) is 0. The molecule has 0 aromatic heterocycles. The van der Waals surface area contributed by atoms with Crippen molar-refractivity contribution in [2.75, 3.05) is 0 Å². The lowest BCUT2D eigenvalue weighted by molar-refractivity contribution is 1.66. The SMILES string of the molecule is c1ccc(-c2c3ccccc3c(-c3c4ccccc4c(-c4c5ccccc5c(-c5ccccc5)c5ccccc45)c4cc5c(cc34)c3cccc4ccc6cccc5c6c43)c3ccccc23)cc1. The highest BCUT2D eigenvalue weighted by atomic mass is 14.3. The highest BCUT2D eigenvalue weighted by Gasteiger charge is 2.26. The highest BCUT2D eigenvalue weighted by Crippen LogP contribution is 2.54. The van der Waals surface area contributed by atoms with Gasteiger partial charge in [-0.1, -0.05) is 231 Å². The third kappa shape index (κ3) is 5.15. The molecule has 0 heterocycles. The van der Waals surface area contributed by atoms with E-state index in [2.05, 4.69) is 243 Å². The number of hydrogen-bond acceptors (Lipinski definition) is 0. The van der Waals surface area contributed by atoms with Crippen LogP contribution < -0.4 is 0 Å². The molecule has 0 fully saturated rings. The number of fused-ring (bicyclic) bond motifs is 9. The molecular weight excluding hydrogens is 817 g/mol. The van der Waals surface area contributed by atoms with Gasteiger partial charge in [-0.25, -0.2) is 0 Å². The van der Waals surface area contributed by atoms with Gasteiger partial charge in [-0.05, 0) is 164 Å². The summed E-state index contributed by atoms with van der Waals surface area (Å²) in [7, 11) is 0. The van der Waals surface area contributed by atoms with Gasteiger partial charge in [0.15, 0.2) is 0 Å². The summed E-state index contributed by atoms with van der Waals surface area (Å²) in [6.45, 7) is 0. The van der Waals surface area contributed by atoms with Crippen molar-refractivity contribution in [3.63, 3.8) is 0 Å². The molecule has 0 saturated carbocycles. The van der Waals surface area contributed by atoms with E-state index in [0.29, 0.717) is 0 Å². The van der Waals surface area contributed by atoms with Crippen LogP contribution in [0.4, 0.5) is 0 Å². The average molecular weight is 857 g/mol. The van der Waals surface area contributed by atoms with Gasteiger partial charge in [-0.2, -0.15) is 0 Å². The smallest absolute Gasteiger partial charge is 0.00137 e. The molecule has 15 aromatic rings. The first kappa shape index (κ1) is 37.4. The molecule has 0 saturated heterocycles. The predicted octanol–water partition coefficient (Wildman–Crippen LogP) is 19.3. The topological polar surface area (TPSA) is 0 Å². The number of rotatable bonds is 4. The minimum absolute atomic E-state index is 1.23. The Kier molecular flexibility index (Phi) is 7.88.